The fourth-order valence-electron chi connectivity index (χ4n) is 4.95. The van der Waals surface area contributed by atoms with E-state index in [1.165, 1.54) is 13.8 Å². The Labute approximate surface area is 197 Å². The largest absolute Gasteiger partial charge is 0.391 e. The lowest BCUT2D eigenvalue weighted by Gasteiger charge is -2.49. The monoisotopic (exact) mass is 496 g/mol. The minimum Gasteiger partial charge on any atom is -0.391 e. The highest BCUT2D eigenvalue weighted by Gasteiger charge is 2.52. The van der Waals surface area contributed by atoms with Crippen LogP contribution in [0.5, 0.6) is 0 Å². The van der Waals surface area contributed by atoms with Crippen molar-refractivity contribution in [1.82, 2.24) is 5.32 Å². The van der Waals surface area contributed by atoms with Crippen molar-refractivity contribution < 1.29 is 49.6 Å². The molecule has 0 spiro atoms. The van der Waals surface area contributed by atoms with Crippen LogP contribution in [0.4, 0.5) is 0 Å². The third kappa shape index (κ3) is 5.40. The maximum atomic E-state index is 11.1. The Kier molecular flexibility index (Phi) is 8.92. The topological polar surface area (TPSA) is 248 Å². The van der Waals surface area contributed by atoms with Crippen LogP contribution in [0.3, 0.4) is 0 Å². The highest BCUT2D eigenvalue weighted by molar-refractivity contribution is 5.02. The Balaban J connectivity index is 1.73. The quantitative estimate of drug-likeness (QED) is 0.165. The van der Waals surface area contributed by atoms with E-state index in [1.807, 2.05) is 0 Å². The number of likely N-dealkylation sites (N-methyl/N-ethyl adjacent to an activating group) is 1. The fourth-order valence-corrected chi connectivity index (χ4v) is 4.95. The molecular formula is C20H40N4O10. The van der Waals surface area contributed by atoms with Crippen molar-refractivity contribution >= 4 is 0 Å². The van der Waals surface area contributed by atoms with Crippen molar-refractivity contribution in [2.24, 2.45) is 17.2 Å². The van der Waals surface area contributed by atoms with Crippen LogP contribution in [0.1, 0.15) is 20.3 Å². The molecule has 34 heavy (non-hydrogen) atoms. The van der Waals surface area contributed by atoms with E-state index in [4.69, 9.17) is 36.1 Å². The second kappa shape index (κ2) is 10.8. The van der Waals surface area contributed by atoms with Crippen molar-refractivity contribution in [3.8, 4) is 0 Å². The first-order valence-electron chi connectivity index (χ1n) is 11.4. The second-order valence-electron chi connectivity index (χ2n) is 9.82. The van der Waals surface area contributed by atoms with Gasteiger partial charge in [0.15, 0.2) is 12.6 Å². The Bertz CT molecular complexity index is 675. The molecule has 2 saturated heterocycles. The molecule has 0 amide bonds. The summed E-state index contributed by atoms with van der Waals surface area (Å²) < 4.78 is 22.8. The smallest absolute Gasteiger partial charge is 0.185 e. The van der Waals surface area contributed by atoms with Gasteiger partial charge in [-0.2, -0.15) is 0 Å². The van der Waals surface area contributed by atoms with Gasteiger partial charge < -0.3 is 72.1 Å². The number of hydrogen-bond acceptors (Lipinski definition) is 14. The molecule has 14 nitrogen and oxygen atoms in total. The molecule has 200 valence electrons. The number of ether oxygens (including phenoxy) is 4. The van der Waals surface area contributed by atoms with Crippen LogP contribution < -0.4 is 22.5 Å². The zero-order valence-electron chi connectivity index (χ0n) is 19.5. The summed E-state index contributed by atoms with van der Waals surface area (Å²) in [7, 11) is 1.58. The number of nitrogens with two attached hydrogens (primary N) is 3. The molecule has 2 heterocycles. The lowest BCUT2D eigenvalue weighted by Crippen LogP contribution is -2.69. The van der Waals surface area contributed by atoms with Crippen LogP contribution in [-0.2, 0) is 18.9 Å². The van der Waals surface area contributed by atoms with Gasteiger partial charge >= 0.3 is 0 Å². The molecule has 3 rings (SSSR count). The molecule has 2 aliphatic heterocycles. The Hall–Kier alpha value is -0.560. The molecule has 15 atom stereocenters. The maximum absolute atomic E-state index is 11.1. The van der Waals surface area contributed by atoms with Crippen molar-refractivity contribution in [2.75, 3.05) is 13.7 Å². The third-order valence-corrected chi connectivity index (χ3v) is 6.95. The van der Waals surface area contributed by atoms with Crippen molar-refractivity contribution in [2.45, 2.75) is 111 Å². The predicted molar refractivity (Wildman–Crippen MR) is 116 cm³/mol. The van der Waals surface area contributed by atoms with E-state index in [0.29, 0.717) is 0 Å². The van der Waals surface area contributed by atoms with E-state index in [9.17, 15) is 30.6 Å². The molecule has 0 bridgehead atoms. The summed E-state index contributed by atoms with van der Waals surface area (Å²) in [4.78, 5) is 0. The summed E-state index contributed by atoms with van der Waals surface area (Å²) in [6.45, 7) is 2.75. The summed E-state index contributed by atoms with van der Waals surface area (Å²) in [5.41, 5.74) is 17.0. The predicted octanol–water partition coefficient (Wildman–Crippen LogP) is -5.61. The van der Waals surface area contributed by atoms with Gasteiger partial charge in [0.25, 0.3) is 0 Å². The minimum atomic E-state index is -1.46. The van der Waals surface area contributed by atoms with E-state index in [1.54, 1.807) is 7.05 Å². The molecule has 3 fully saturated rings. The normalized spacial score (nSPS) is 53.5. The highest BCUT2D eigenvalue weighted by atomic mass is 16.7. The van der Waals surface area contributed by atoms with Crippen molar-refractivity contribution in [3.63, 3.8) is 0 Å². The molecular weight excluding hydrogens is 456 g/mol. The Morgan fingerprint density at radius 2 is 1.50 bits per heavy atom. The summed E-state index contributed by atoms with van der Waals surface area (Å²) in [5.74, 6) is 0. The summed E-state index contributed by atoms with van der Waals surface area (Å²) in [5, 5.41) is 65.2. The van der Waals surface area contributed by atoms with E-state index >= 15 is 0 Å². The molecule has 3 aliphatic rings. The third-order valence-electron chi connectivity index (χ3n) is 6.95. The maximum Gasteiger partial charge on any atom is 0.185 e. The molecule has 14 heteroatoms. The molecule has 0 aromatic rings. The molecule has 0 unspecified atom stereocenters. The van der Waals surface area contributed by atoms with Crippen molar-refractivity contribution in [3.05, 3.63) is 0 Å². The van der Waals surface area contributed by atoms with Gasteiger partial charge in [-0.25, -0.2) is 0 Å². The highest BCUT2D eigenvalue weighted by Crippen LogP contribution is 2.32. The van der Waals surface area contributed by atoms with Gasteiger partial charge in [-0.05, 0) is 27.3 Å². The second-order valence-corrected chi connectivity index (χ2v) is 9.82. The Morgan fingerprint density at radius 1 is 0.941 bits per heavy atom. The average Bonchev–Trinajstić information content (AvgIpc) is 2.75. The summed E-state index contributed by atoms with van der Waals surface area (Å²) in [6, 6.07) is -3.47. The first-order valence-corrected chi connectivity index (χ1v) is 11.4. The van der Waals surface area contributed by atoms with E-state index in [2.05, 4.69) is 5.32 Å². The van der Waals surface area contributed by atoms with Gasteiger partial charge in [-0.3, -0.25) is 0 Å². The van der Waals surface area contributed by atoms with E-state index < -0.39 is 91.2 Å². The summed E-state index contributed by atoms with van der Waals surface area (Å²) >= 11 is 0. The fraction of sp³-hybridized carbons (Fsp3) is 1.00. The minimum absolute atomic E-state index is 0.135. The number of nitrogens with one attached hydrogen (secondary N) is 1. The number of hydrogen-bond donors (Lipinski definition) is 10. The molecule has 1 aliphatic carbocycles. The van der Waals surface area contributed by atoms with Gasteiger partial charge in [0.05, 0.1) is 24.8 Å². The number of aliphatic hydroxyl groups is 6. The Morgan fingerprint density at radius 3 is 2.03 bits per heavy atom. The molecule has 13 N–H and O–H groups in total. The van der Waals surface area contributed by atoms with Crippen LogP contribution in [0.2, 0.25) is 0 Å². The van der Waals surface area contributed by atoms with Crippen LogP contribution in [0, 0.1) is 0 Å². The zero-order valence-corrected chi connectivity index (χ0v) is 19.5. The van der Waals surface area contributed by atoms with Gasteiger partial charge in [0.1, 0.15) is 48.3 Å². The first kappa shape index (κ1) is 28.0. The van der Waals surface area contributed by atoms with Gasteiger partial charge in [-0.15, -0.1) is 0 Å². The van der Waals surface area contributed by atoms with Crippen LogP contribution >= 0.6 is 0 Å². The SMILES string of the molecule is CN[C@H]1[C@@H](O)[C@@H](O[C@@H]2[C@H](O)[C@H](O[C@@H]3O[C@H]([C@@H](C)O)[C@H](O)[C@H](O)[C@@H]3N)[C@H](N)C[C@@H]2N)OC[C@]1(C)O. The first-order chi connectivity index (χ1) is 15.8. The molecule has 0 aromatic heterocycles. The molecule has 1 saturated carbocycles. The molecule has 0 aromatic carbocycles. The van der Waals surface area contributed by atoms with Crippen LogP contribution in [-0.4, -0.2) is 135 Å². The van der Waals surface area contributed by atoms with Gasteiger partial charge in [-0.1, -0.05) is 0 Å². The van der Waals surface area contributed by atoms with E-state index in [0.717, 1.165) is 0 Å². The van der Waals surface area contributed by atoms with Gasteiger partial charge in [0.2, 0.25) is 0 Å². The lowest BCUT2D eigenvalue weighted by molar-refractivity contribution is -0.319. The molecule has 0 radical (unpaired) electrons. The standard InChI is InChI=1S/C20H40N4O10/c1-6(25)14-11(27)10(26)9(23)18(32-14)33-15-7(21)4-8(22)16(12(15)28)34-19-13(29)17(24-3)20(2,30)5-31-19/h6-19,24-30H,4-5,21-23H2,1-3H3/t6-,7-,8+,9+,10-,11-,12-,13-,14-,15-,16+,17+,18+,19-,20+/m1/s1. The van der Waals surface area contributed by atoms with E-state index in [-0.39, 0.29) is 13.0 Å². The van der Waals surface area contributed by atoms with Crippen LogP contribution in [0.15, 0.2) is 0 Å². The lowest BCUT2D eigenvalue weighted by atomic mass is 9.84. The summed E-state index contributed by atoms with van der Waals surface area (Å²) in [6.07, 6.45) is -12.4. The number of rotatable bonds is 6. The number of aliphatic hydroxyl groups excluding tert-OH is 5. The van der Waals surface area contributed by atoms with Crippen molar-refractivity contribution in [1.29, 1.82) is 0 Å². The average molecular weight is 497 g/mol. The van der Waals surface area contributed by atoms with Gasteiger partial charge in [0, 0.05) is 12.1 Å². The van der Waals surface area contributed by atoms with Crippen LogP contribution in [0.25, 0.3) is 0 Å². The zero-order chi connectivity index (χ0) is 25.5.